The molecule has 0 atom stereocenters. The van der Waals surface area contributed by atoms with Crippen LogP contribution < -0.4 is 5.73 Å². The van der Waals surface area contributed by atoms with E-state index in [2.05, 4.69) is 4.98 Å². The summed E-state index contributed by atoms with van der Waals surface area (Å²) in [6.45, 7) is 4.67. The topological polar surface area (TPSA) is 52.0 Å². The van der Waals surface area contributed by atoms with Gasteiger partial charge in [0.05, 0.1) is 11.4 Å². The van der Waals surface area contributed by atoms with Crippen LogP contribution >= 0.6 is 11.8 Å². The Hall–Kier alpha value is -0.480. The highest BCUT2D eigenvalue weighted by atomic mass is 32.2. The third-order valence-electron chi connectivity index (χ3n) is 1.79. The van der Waals surface area contributed by atoms with Crippen molar-refractivity contribution >= 4 is 11.8 Å². The van der Waals surface area contributed by atoms with Crippen LogP contribution in [-0.2, 0) is 5.75 Å². The maximum absolute atomic E-state index is 5.43. The maximum atomic E-state index is 5.43. The molecule has 74 valence electrons. The van der Waals surface area contributed by atoms with E-state index in [4.69, 9.17) is 10.2 Å². The van der Waals surface area contributed by atoms with Crippen molar-refractivity contribution < 1.29 is 4.42 Å². The van der Waals surface area contributed by atoms with E-state index in [1.165, 1.54) is 0 Å². The normalized spacial score (nSPS) is 10.7. The van der Waals surface area contributed by atoms with Crippen LogP contribution in [0.5, 0.6) is 0 Å². The van der Waals surface area contributed by atoms with E-state index in [0.29, 0.717) is 0 Å². The number of nitrogens with two attached hydrogens (primary N) is 1. The molecule has 3 nitrogen and oxygen atoms in total. The van der Waals surface area contributed by atoms with E-state index < -0.39 is 0 Å². The molecule has 0 fully saturated rings. The number of rotatable bonds is 5. The summed E-state index contributed by atoms with van der Waals surface area (Å²) in [6.07, 6.45) is 1.06. The van der Waals surface area contributed by atoms with Crippen molar-refractivity contribution in [1.29, 1.82) is 0 Å². The van der Waals surface area contributed by atoms with Crippen LogP contribution in [-0.4, -0.2) is 17.3 Å². The van der Waals surface area contributed by atoms with Crippen LogP contribution in [0.3, 0.4) is 0 Å². The first-order valence-electron chi connectivity index (χ1n) is 4.44. The van der Waals surface area contributed by atoms with Gasteiger partial charge in [0.1, 0.15) is 5.76 Å². The highest BCUT2D eigenvalue weighted by Crippen LogP contribution is 2.15. The van der Waals surface area contributed by atoms with E-state index in [1.807, 2.05) is 25.6 Å². The molecule has 0 saturated carbocycles. The van der Waals surface area contributed by atoms with E-state index in [-0.39, 0.29) is 0 Å². The number of aryl methyl sites for hydroxylation is 2. The van der Waals surface area contributed by atoms with E-state index in [9.17, 15) is 0 Å². The summed E-state index contributed by atoms with van der Waals surface area (Å²) < 4.78 is 5.43. The molecule has 0 aromatic carbocycles. The monoisotopic (exact) mass is 200 g/mol. The molecular formula is C9H16N2OS. The first-order chi connectivity index (χ1) is 6.24. The molecule has 2 N–H and O–H groups in total. The summed E-state index contributed by atoms with van der Waals surface area (Å²) in [5.74, 6) is 3.69. The molecule has 0 spiro atoms. The zero-order valence-electron chi connectivity index (χ0n) is 8.17. The standard InChI is InChI=1S/C9H16N2OS/c1-7-8(2)12-9(11-7)6-13-5-3-4-10/h3-6,10H2,1-2H3. The molecular weight excluding hydrogens is 184 g/mol. The van der Waals surface area contributed by atoms with Crippen LogP contribution in [0.2, 0.25) is 0 Å². The van der Waals surface area contributed by atoms with Crippen LogP contribution in [0.25, 0.3) is 0 Å². The Morgan fingerprint density at radius 3 is 2.77 bits per heavy atom. The Kier molecular flexibility index (Phi) is 4.32. The minimum absolute atomic E-state index is 0.761. The smallest absolute Gasteiger partial charge is 0.204 e. The van der Waals surface area contributed by atoms with Crippen LogP contribution in [0.1, 0.15) is 23.8 Å². The fraction of sp³-hybridized carbons (Fsp3) is 0.667. The van der Waals surface area contributed by atoms with E-state index in [0.717, 1.165) is 41.8 Å². The second kappa shape index (κ2) is 5.29. The van der Waals surface area contributed by atoms with Gasteiger partial charge in [-0.1, -0.05) is 0 Å². The second-order valence-electron chi connectivity index (χ2n) is 2.94. The van der Waals surface area contributed by atoms with Gasteiger partial charge in [-0.3, -0.25) is 0 Å². The molecule has 0 aliphatic heterocycles. The number of oxazole rings is 1. The number of hydrogen-bond acceptors (Lipinski definition) is 4. The van der Waals surface area contributed by atoms with Gasteiger partial charge in [-0.2, -0.15) is 11.8 Å². The molecule has 0 aliphatic rings. The quantitative estimate of drug-likeness (QED) is 0.737. The first kappa shape index (κ1) is 10.6. The van der Waals surface area contributed by atoms with Gasteiger partial charge in [-0.05, 0) is 32.6 Å². The summed E-state index contributed by atoms with van der Waals surface area (Å²) in [5.41, 5.74) is 6.38. The van der Waals surface area contributed by atoms with E-state index >= 15 is 0 Å². The van der Waals surface area contributed by atoms with Crippen LogP contribution in [0.15, 0.2) is 4.42 Å². The van der Waals surface area contributed by atoms with E-state index in [1.54, 1.807) is 0 Å². The molecule has 0 amide bonds. The summed E-state index contributed by atoms with van der Waals surface area (Å²) in [6, 6.07) is 0. The zero-order chi connectivity index (χ0) is 9.68. The number of hydrogen-bond donors (Lipinski definition) is 1. The number of nitrogens with zero attached hydrogens (tertiary/aromatic N) is 1. The van der Waals surface area contributed by atoms with Gasteiger partial charge in [-0.15, -0.1) is 0 Å². The Bertz CT molecular complexity index is 241. The summed E-state index contributed by atoms with van der Waals surface area (Å²) in [5, 5.41) is 0. The third-order valence-corrected chi connectivity index (χ3v) is 2.82. The Balaban J connectivity index is 2.29. The zero-order valence-corrected chi connectivity index (χ0v) is 8.99. The molecule has 4 heteroatoms. The molecule has 0 unspecified atom stereocenters. The lowest BCUT2D eigenvalue weighted by Crippen LogP contribution is -1.99. The van der Waals surface area contributed by atoms with Gasteiger partial charge < -0.3 is 10.2 Å². The Morgan fingerprint density at radius 1 is 1.46 bits per heavy atom. The first-order valence-corrected chi connectivity index (χ1v) is 5.60. The largest absolute Gasteiger partial charge is 0.445 e. The van der Waals surface area contributed by atoms with Crippen molar-refractivity contribution in [3.05, 3.63) is 17.3 Å². The van der Waals surface area contributed by atoms with Crippen molar-refractivity contribution in [2.45, 2.75) is 26.0 Å². The SMILES string of the molecule is Cc1nc(CSCCCN)oc1C. The van der Waals surface area contributed by atoms with Gasteiger partial charge in [0.25, 0.3) is 0 Å². The highest BCUT2D eigenvalue weighted by molar-refractivity contribution is 7.98. The number of aromatic nitrogens is 1. The lowest BCUT2D eigenvalue weighted by Gasteiger charge is -1.95. The lowest BCUT2D eigenvalue weighted by molar-refractivity contribution is 0.489. The maximum Gasteiger partial charge on any atom is 0.204 e. The minimum Gasteiger partial charge on any atom is -0.445 e. The fourth-order valence-electron chi connectivity index (χ4n) is 0.946. The van der Waals surface area contributed by atoms with Crippen molar-refractivity contribution in [2.24, 2.45) is 5.73 Å². The van der Waals surface area contributed by atoms with Crippen molar-refractivity contribution in [2.75, 3.05) is 12.3 Å². The minimum atomic E-state index is 0.761. The van der Waals surface area contributed by atoms with Gasteiger partial charge in [0, 0.05) is 0 Å². The fourth-order valence-corrected chi connectivity index (χ4v) is 1.76. The lowest BCUT2D eigenvalue weighted by atomic mass is 10.4. The predicted octanol–water partition coefficient (Wildman–Crippen LogP) is 1.87. The molecule has 1 heterocycles. The summed E-state index contributed by atoms with van der Waals surface area (Å²) >= 11 is 1.82. The summed E-state index contributed by atoms with van der Waals surface area (Å²) in [7, 11) is 0. The molecule has 0 aliphatic carbocycles. The van der Waals surface area contributed by atoms with Gasteiger partial charge in [0.2, 0.25) is 5.89 Å². The molecule has 1 rings (SSSR count). The van der Waals surface area contributed by atoms with Gasteiger partial charge in [0.15, 0.2) is 0 Å². The van der Waals surface area contributed by atoms with Crippen molar-refractivity contribution in [1.82, 2.24) is 4.98 Å². The highest BCUT2D eigenvalue weighted by Gasteiger charge is 2.04. The van der Waals surface area contributed by atoms with Crippen molar-refractivity contribution in [3.8, 4) is 0 Å². The van der Waals surface area contributed by atoms with Gasteiger partial charge in [-0.25, -0.2) is 4.98 Å². The molecule has 0 saturated heterocycles. The molecule has 0 radical (unpaired) electrons. The van der Waals surface area contributed by atoms with Crippen LogP contribution in [0, 0.1) is 13.8 Å². The average molecular weight is 200 g/mol. The average Bonchev–Trinajstić information content (AvgIpc) is 2.41. The molecule has 1 aromatic rings. The molecule has 0 bridgehead atoms. The van der Waals surface area contributed by atoms with Gasteiger partial charge >= 0.3 is 0 Å². The Morgan fingerprint density at radius 2 is 2.23 bits per heavy atom. The second-order valence-corrected chi connectivity index (χ2v) is 4.05. The predicted molar refractivity (Wildman–Crippen MR) is 55.8 cm³/mol. The van der Waals surface area contributed by atoms with Crippen molar-refractivity contribution in [3.63, 3.8) is 0 Å². The molecule has 1 aromatic heterocycles. The number of thioether (sulfide) groups is 1. The third kappa shape index (κ3) is 3.40. The van der Waals surface area contributed by atoms with Crippen LogP contribution in [0.4, 0.5) is 0 Å². The summed E-state index contributed by atoms with van der Waals surface area (Å²) in [4.78, 5) is 4.29. The molecule has 13 heavy (non-hydrogen) atoms. The Labute approximate surface area is 83.1 Å².